The molecule has 1 aromatic heterocycles. The fourth-order valence-corrected chi connectivity index (χ4v) is 3.71. The van der Waals surface area contributed by atoms with Crippen LogP contribution in [0, 0.1) is 10.1 Å². The Kier molecular flexibility index (Phi) is 5.28. The Hall–Kier alpha value is -3.59. The molecule has 0 spiro atoms. The van der Waals surface area contributed by atoms with Gasteiger partial charge < -0.3 is 9.80 Å². The summed E-state index contributed by atoms with van der Waals surface area (Å²) in [7, 11) is 2.01. The molecule has 30 heavy (non-hydrogen) atoms. The van der Waals surface area contributed by atoms with E-state index in [4.69, 9.17) is 0 Å². The number of likely N-dealkylation sites (N-methyl/N-ethyl adjacent to an activating group) is 1. The second-order valence-electron chi connectivity index (χ2n) is 7.38. The summed E-state index contributed by atoms with van der Waals surface area (Å²) < 4.78 is 0. The van der Waals surface area contributed by atoms with Crippen LogP contribution in [0.4, 0.5) is 5.69 Å². The summed E-state index contributed by atoms with van der Waals surface area (Å²) in [4.78, 5) is 46.5. The van der Waals surface area contributed by atoms with Crippen LogP contribution in [0.2, 0.25) is 0 Å². The third-order valence-electron chi connectivity index (χ3n) is 5.39. The highest BCUT2D eigenvalue weighted by Gasteiger charge is 2.42. The van der Waals surface area contributed by atoms with Crippen molar-refractivity contribution in [3.63, 3.8) is 0 Å². The minimum atomic E-state index is -0.490. The summed E-state index contributed by atoms with van der Waals surface area (Å²) in [5.41, 5.74) is 1.85. The molecule has 2 aliphatic rings. The van der Waals surface area contributed by atoms with Gasteiger partial charge in [-0.1, -0.05) is 6.07 Å². The van der Waals surface area contributed by atoms with Gasteiger partial charge in [0.15, 0.2) is 0 Å². The zero-order chi connectivity index (χ0) is 21.3. The van der Waals surface area contributed by atoms with Crippen molar-refractivity contribution in [2.75, 3.05) is 33.2 Å². The lowest BCUT2D eigenvalue weighted by Gasteiger charge is -2.34. The number of aromatic nitrogens is 1. The van der Waals surface area contributed by atoms with Crippen LogP contribution < -0.4 is 0 Å². The molecule has 0 radical (unpaired) electrons. The van der Waals surface area contributed by atoms with Crippen molar-refractivity contribution in [2.45, 2.75) is 6.54 Å². The number of piperazine rings is 1. The number of non-ortho nitro benzene ring substituents is 1. The van der Waals surface area contributed by atoms with Crippen LogP contribution in [-0.2, 0) is 16.1 Å². The van der Waals surface area contributed by atoms with Gasteiger partial charge in [0.25, 0.3) is 17.5 Å². The van der Waals surface area contributed by atoms with Crippen LogP contribution >= 0.6 is 0 Å². The summed E-state index contributed by atoms with van der Waals surface area (Å²) in [6, 6.07) is 9.33. The Balaban J connectivity index is 1.73. The van der Waals surface area contributed by atoms with Crippen molar-refractivity contribution >= 4 is 23.1 Å². The first-order valence-corrected chi connectivity index (χ1v) is 9.63. The Labute approximate surface area is 173 Å². The molecule has 0 bridgehead atoms. The van der Waals surface area contributed by atoms with E-state index in [9.17, 15) is 19.7 Å². The number of hydrogen-bond acceptors (Lipinski definition) is 7. The number of carbonyl (C=O) groups is 2. The van der Waals surface area contributed by atoms with Crippen LogP contribution in [-0.4, -0.2) is 69.6 Å². The molecule has 4 rings (SSSR count). The van der Waals surface area contributed by atoms with E-state index < -0.39 is 10.8 Å². The van der Waals surface area contributed by atoms with Crippen molar-refractivity contribution in [1.82, 2.24) is 19.7 Å². The molecule has 1 saturated heterocycles. The number of rotatable bonds is 5. The number of nitro benzene ring substituents is 1. The van der Waals surface area contributed by atoms with E-state index in [2.05, 4.69) is 9.88 Å². The van der Waals surface area contributed by atoms with E-state index in [1.807, 2.05) is 18.0 Å². The number of nitrogens with zero attached hydrogens (tertiary/aromatic N) is 5. The molecular weight excluding hydrogens is 386 g/mol. The maximum Gasteiger partial charge on any atom is 0.278 e. The Morgan fingerprint density at radius 3 is 2.33 bits per heavy atom. The number of imide groups is 1. The van der Waals surface area contributed by atoms with Gasteiger partial charge in [-0.2, -0.15) is 0 Å². The second kappa shape index (κ2) is 8.03. The minimum Gasteiger partial charge on any atom is -0.364 e. The number of benzene rings is 1. The third kappa shape index (κ3) is 3.67. The Morgan fingerprint density at radius 1 is 1.03 bits per heavy atom. The number of hydrogen-bond donors (Lipinski definition) is 0. The van der Waals surface area contributed by atoms with Crippen LogP contribution in [0.1, 0.15) is 11.1 Å². The van der Waals surface area contributed by atoms with Gasteiger partial charge in [-0.05, 0) is 36.4 Å². The lowest BCUT2D eigenvalue weighted by molar-refractivity contribution is -0.384. The lowest BCUT2D eigenvalue weighted by Crippen LogP contribution is -2.46. The molecule has 1 aromatic carbocycles. The van der Waals surface area contributed by atoms with E-state index in [1.165, 1.54) is 29.2 Å². The third-order valence-corrected chi connectivity index (χ3v) is 5.39. The van der Waals surface area contributed by atoms with Crippen molar-refractivity contribution in [3.8, 4) is 0 Å². The fraction of sp³-hybridized carbons (Fsp3) is 0.286. The Bertz CT molecular complexity index is 1010. The van der Waals surface area contributed by atoms with Crippen molar-refractivity contribution in [2.24, 2.45) is 0 Å². The van der Waals surface area contributed by atoms with E-state index in [1.54, 1.807) is 18.5 Å². The number of nitro groups is 1. The zero-order valence-corrected chi connectivity index (χ0v) is 16.5. The minimum absolute atomic E-state index is 0.0653. The van der Waals surface area contributed by atoms with E-state index in [0.29, 0.717) is 29.9 Å². The predicted molar refractivity (Wildman–Crippen MR) is 109 cm³/mol. The van der Waals surface area contributed by atoms with Crippen LogP contribution in [0.3, 0.4) is 0 Å². The van der Waals surface area contributed by atoms with E-state index in [-0.39, 0.29) is 18.1 Å². The molecule has 9 heteroatoms. The Morgan fingerprint density at radius 2 is 1.73 bits per heavy atom. The average Bonchev–Trinajstić information content (AvgIpc) is 3.00. The molecule has 2 aromatic rings. The monoisotopic (exact) mass is 407 g/mol. The highest BCUT2D eigenvalue weighted by atomic mass is 16.6. The number of carbonyl (C=O) groups excluding carboxylic acids is 2. The molecule has 3 heterocycles. The summed E-state index contributed by atoms with van der Waals surface area (Å²) in [6.45, 7) is 2.94. The van der Waals surface area contributed by atoms with Gasteiger partial charge in [-0.3, -0.25) is 29.6 Å². The van der Waals surface area contributed by atoms with Gasteiger partial charge in [0.1, 0.15) is 5.70 Å². The van der Waals surface area contributed by atoms with Gasteiger partial charge in [-0.15, -0.1) is 0 Å². The predicted octanol–water partition coefficient (Wildman–Crippen LogP) is 1.52. The standard InChI is InChI=1S/C21H21N5O4/c1-23-9-11-24(12-10-23)19-18(16-4-6-17(7-5-16)26(29)30)20(27)25(21(19)28)14-15-3-2-8-22-13-15/h2-8,13H,9-12,14H2,1H3. The van der Waals surface area contributed by atoms with Crippen LogP contribution in [0.5, 0.6) is 0 Å². The lowest BCUT2D eigenvalue weighted by atomic mass is 10.0. The van der Waals surface area contributed by atoms with Gasteiger partial charge in [0, 0.05) is 50.7 Å². The van der Waals surface area contributed by atoms with Crippen molar-refractivity contribution in [3.05, 3.63) is 75.7 Å². The topological polar surface area (TPSA) is 99.9 Å². The molecule has 2 amide bonds. The maximum atomic E-state index is 13.3. The van der Waals surface area contributed by atoms with Crippen LogP contribution in [0.25, 0.3) is 5.57 Å². The summed E-state index contributed by atoms with van der Waals surface area (Å²) in [6.07, 6.45) is 3.26. The van der Waals surface area contributed by atoms with Gasteiger partial charge >= 0.3 is 0 Å². The molecule has 1 fully saturated rings. The highest BCUT2D eigenvalue weighted by Crippen LogP contribution is 2.33. The first-order chi connectivity index (χ1) is 14.5. The summed E-state index contributed by atoms with van der Waals surface area (Å²) in [5.74, 6) is -0.742. The maximum absolute atomic E-state index is 13.3. The summed E-state index contributed by atoms with van der Waals surface area (Å²) >= 11 is 0. The van der Waals surface area contributed by atoms with Crippen LogP contribution in [0.15, 0.2) is 54.5 Å². The molecule has 0 atom stereocenters. The first kappa shape index (κ1) is 19.7. The average molecular weight is 407 g/mol. The normalized spacial score (nSPS) is 17.8. The molecule has 2 aliphatic heterocycles. The first-order valence-electron chi connectivity index (χ1n) is 9.63. The molecule has 0 N–H and O–H groups in total. The fourth-order valence-electron chi connectivity index (χ4n) is 3.71. The van der Waals surface area contributed by atoms with Crippen molar-refractivity contribution < 1.29 is 14.5 Å². The smallest absolute Gasteiger partial charge is 0.278 e. The van der Waals surface area contributed by atoms with Gasteiger partial charge in [0.2, 0.25) is 0 Å². The largest absolute Gasteiger partial charge is 0.364 e. The molecule has 9 nitrogen and oxygen atoms in total. The number of pyridine rings is 1. The zero-order valence-electron chi connectivity index (χ0n) is 16.5. The van der Waals surface area contributed by atoms with E-state index >= 15 is 0 Å². The molecule has 0 aliphatic carbocycles. The quantitative estimate of drug-likeness (QED) is 0.421. The molecule has 0 saturated carbocycles. The molecule has 154 valence electrons. The number of amides is 2. The molecule has 0 unspecified atom stereocenters. The van der Waals surface area contributed by atoms with Gasteiger partial charge in [0.05, 0.1) is 17.0 Å². The second-order valence-corrected chi connectivity index (χ2v) is 7.38. The van der Waals surface area contributed by atoms with Gasteiger partial charge in [-0.25, -0.2) is 0 Å². The molecular formula is C21H21N5O4. The summed E-state index contributed by atoms with van der Waals surface area (Å²) in [5, 5.41) is 11.0. The van der Waals surface area contributed by atoms with Crippen molar-refractivity contribution in [1.29, 1.82) is 0 Å². The highest BCUT2D eigenvalue weighted by molar-refractivity contribution is 6.35. The SMILES string of the molecule is CN1CCN(C2=C(c3ccc([N+](=O)[O-])cc3)C(=O)N(Cc3cccnc3)C2=O)CC1. The van der Waals surface area contributed by atoms with E-state index in [0.717, 1.165) is 18.7 Å².